The molecule has 0 aliphatic rings. The molecule has 0 saturated carbocycles. The highest BCUT2D eigenvalue weighted by molar-refractivity contribution is 6.08. The average molecular weight is 259 g/mol. The number of benzene rings is 1. The summed E-state index contributed by atoms with van der Waals surface area (Å²) in [5.74, 6) is -0.608. The molecule has 2 rings (SSSR count). The number of para-hydroxylation sites is 1. The Morgan fingerprint density at radius 2 is 1.95 bits per heavy atom. The Balaban J connectivity index is 2.26. The molecule has 2 aromatic rings. The number of carbonyl (C=O) groups excluding carboxylic acids is 2. The molecule has 0 unspecified atom stereocenters. The normalized spacial score (nSPS) is 10.0. The molecule has 1 N–H and O–H groups in total. The van der Waals surface area contributed by atoms with Gasteiger partial charge in [0.25, 0.3) is 11.8 Å². The first-order valence-corrected chi connectivity index (χ1v) is 5.62. The smallest absolute Gasteiger partial charge is 0.277 e. The van der Waals surface area contributed by atoms with E-state index in [0.29, 0.717) is 11.3 Å². The van der Waals surface area contributed by atoms with Gasteiger partial charge in [0.1, 0.15) is 6.26 Å². The van der Waals surface area contributed by atoms with Crippen molar-refractivity contribution < 1.29 is 14.1 Å². The van der Waals surface area contributed by atoms with Crippen molar-refractivity contribution in [1.82, 2.24) is 10.1 Å². The minimum Gasteiger partial charge on any atom is -0.364 e. The van der Waals surface area contributed by atoms with Crippen molar-refractivity contribution in [2.75, 3.05) is 19.4 Å². The number of rotatable bonds is 3. The molecule has 0 bridgehead atoms. The van der Waals surface area contributed by atoms with Crippen LogP contribution in [0.15, 0.2) is 41.1 Å². The summed E-state index contributed by atoms with van der Waals surface area (Å²) in [7, 11) is 3.30. The van der Waals surface area contributed by atoms with Crippen LogP contribution >= 0.6 is 0 Å². The zero-order valence-electron chi connectivity index (χ0n) is 10.6. The summed E-state index contributed by atoms with van der Waals surface area (Å²) in [4.78, 5) is 25.3. The van der Waals surface area contributed by atoms with Gasteiger partial charge in [-0.05, 0) is 12.1 Å². The number of anilines is 1. The van der Waals surface area contributed by atoms with Gasteiger partial charge in [0.05, 0.1) is 11.3 Å². The van der Waals surface area contributed by atoms with Crippen molar-refractivity contribution in [2.24, 2.45) is 0 Å². The molecule has 98 valence electrons. The average Bonchev–Trinajstić information content (AvgIpc) is 2.92. The monoisotopic (exact) mass is 259 g/mol. The minimum absolute atomic E-state index is 0.159. The number of nitrogens with zero attached hydrogens (tertiary/aromatic N) is 2. The Labute approximate surface area is 110 Å². The van der Waals surface area contributed by atoms with Crippen molar-refractivity contribution in [2.45, 2.75) is 0 Å². The first kappa shape index (κ1) is 12.8. The van der Waals surface area contributed by atoms with Gasteiger partial charge in [-0.1, -0.05) is 17.3 Å². The fraction of sp³-hybridized carbons (Fsp3) is 0.154. The Hall–Kier alpha value is -2.63. The second-order valence-corrected chi connectivity index (χ2v) is 4.08. The van der Waals surface area contributed by atoms with Crippen LogP contribution in [0.25, 0.3) is 0 Å². The molecule has 1 heterocycles. The van der Waals surface area contributed by atoms with Crippen LogP contribution in [0.2, 0.25) is 0 Å². The van der Waals surface area contributed by atoms with Gasteiger partial charge in [0.15, 0.2) is 5.69 Å². The van der Waals surface area contributed by atoms with Crippen LogP contribution < -0.4 is 5.32 Å². The molecular weight excluding hydrogens is 246 g/mol. The molecule has 0 spiro atoms. The topological polar surface area (TPSA) is 75.4 Å². The van der Waals surface area contributed by atoms with Crippen LogP contribution in [-0.2, 0) is 0 Å². The molecule has 6 nitrogen and oxygen atoms in total. The zero-order chi connectivity index (χ0) is 13.8. The molecule has 0 atom stereocenters. The Morgan fingerprint density at radius 3 is 2.58 bits per heavy atom. The van der Waals surface area contributed by atoms with E-state index in [9.17, 15) is 9.59 Å². The van der Waals surface area contributed by atoms with Gasteiger partial charge in [-0.3, -0.25) is 9.59 Å². The number of carbonyl (C=O) groups is 2. The molecule has 0 saturated heterocycles. The van der Waals surface area contributed by atoms with Crippen molar-refractivity contribution in [3.05, 3.63) is 47.9 Å². The van der Waals surface area contributed by atoms with E-state index < -0.39 is 5.91 Å². The SMILES string of the molecule is CN(C)C(=O)c1ccccc1NC(=O)c1ccon1. The van der Waals surface area contributed by atoms with Gasteiger partial charge >= 0.3 is 0 Å². The third-order valence-electron chi connectivity index (χ3n) is 2.48. The fourth-order valence-corrected chi connectivity index (χ4v) is 1.54. The van der Waals surface area contributed by atoms with E-state index in [4.69, 9.17) is 0 Å². The quantitative estimate of drug-likeness (QED) is 0.909. The van der Waals surface area contributed by atoms with Crippen molar-refractivity contribution in [1.29, 1.82) is 0 Å². The van der Waals surface area contributed by atoms with Crippen molar-refractivity contribution in [3.8, 4) is 0 Å². The van der Waals surface area contributed by atoms with E-state index in [1.54, 1.807) is 38.4 Å². The molecule has 0 radical (unpaired) electrons. The number of nitrogens with one attached hydrogen (secondary N) is 1. The molecular formula is C13H13N3O3. The predicted molar refractivity (Wildman–Crippen MR) is 68.9 cm³/mol. The number of aromatic nitrogens is 1. The Morgan fingerprint density at radius 1 is 1.21 bits per heavy atom. The maximum absolute atomic E-state index is 12.0. The highest BCUT2D eigenvalue weighted by Crippen LogP contribution is 2.17. The van der Waals surface area contributed by atoms with Crippen LogP contribution in [0, 0.1) is 0 Å². The molecule has 6 heteroatoms. The first-order chi connectivity index (χ1) is 9.09. The van der Waals surface area contributed by atoms with Gasteiger partial charge < -0.3 is 14.7 Å². The zero-order valence-corrected chi connectivity index (χ0v) is 10.6. The summed E-state index contributed by atoms with van der Waals surface area (Å²) in [5, 5.41) is 6.18. The van der Waals surface area contributed by atoms with Gasteiger partial charge in [0, 0.05) is 20.2 Å². The number of hydrogen-bond acceptors (Lipinski definition) is 4. The summed E-state index contributed by atoms with van der Waals surface area (Å²) in [6, 6.07) is 8.24. The molecule has 0 fully saturated rings. The number of amides is 2. The summed E-state index contributed by atoms with van der Waals surface area (Å²) in [6.07, 6.45) is 1.31. The highest BCUT2D eigenvalue weighted by Gasteiger charge is 2.16. The van der Waals surface area contributed by atoms with Gasteiger partial charge in [0.2, 0.25) is 0 Å². The van der Waals surface area contributed by atoms with E-state index in [1.807, 2.05) is 0 Å². The van der Waals surface area contributed by atoms with E-state index in [0.717, 1.165) is 0 Å². The molecule has 1 aromatic carbocycles. The lowest BCUT2D eigenvalue weighted by Gasteiger charge is -2.14. The lowest BCUT2D eigenvalue weighted by molar-refractivity contribution is 0.0828. The summed E-state index contributed by atoms with van der Waals surface area (Å²) in [6.45, 7) is 0. The molecule has 2 amide bonds. The first-order valence-electron chi connectivity index (χ1n) is 5.62. The highest BCUT2D eigenvalue weighted by atomic mass is 16.5. The van der Waals surface area contributed by atoms with E-state index >= 15 is 0 Å². The molecule has 0 aliphatic heterocycles. The van der Waals surface area contributed by atoms with E-state index in [-0.39, 0.29) is 11.6 Å². The van der Waals surface area contributed by atoms with Gasteiger partial charge in [-0.15, -0.1) is 0 Å². The van der Waals surface area contributed by atoms with Crippen molar-refractivity contribution in [3.63, 3.8) is 0 Å². The lowest BCUT2D eigenvalue weighted by Crippen LogP contribution is -2.24. The molecule has 19 heavy (non-hydrogen) atoms. The third kappa shape index (κ3) is 2.79. The minimum atomic E-state index is -0.423. The standard InChI is InChI=1S/C13H13N3O3/c1-16(2)13(18)9-5-3-4-6-10(9)14-12(17)11-7-8-19-15-11/h3-8H,1-2H3,(H,14,17). The summed E-state index contributed by atoms with van der Waals surface area (Å²) >= 11 is 0. The largest absolute Gasteiger partial charge is 0.364 e. The number of hydrogen-bond donors (Lipinski definition) is 1. The van der Waals surface area contributed by atoms with E-state index in [1.165, 1.54) is 17.2 Å². The Bertz CT molecular complexity index is 591. The molecule has 1 aromatic heterocycles. The van der Waals surface area contributed by atoms with Crippen LogP contribution in [0.3, 0.4) is 0 Å². The summed E-state index contributed by atoms with van der Waals surface area (Å²) in [5.41, 5.74) is 1.02. The van der Waals surface area contributed by atoms with Crippen LogP contribution in [0.5, 0.6) is 0 Å². The molecule has 0 aliphatic carbocycles. The van der Waals surface area contributed by atoms with Gasteiger partial charge in [-0.2, -0.15) is 0 Å². The lowest BCUT2D eigenvalue weighted by atomic mass is 10.1. The summed E-state index contributed by atoms with van der Waals surface area (Å²) < 4.78 is 4.60. The predicted octanol–water partition coefficient (Wildman–Crippen LogP) is 1.63. The third-order valence-corrected chi connectivity index (χ3v) is 2.48. The van der Waals surface area contributed by atoms with Crippen LogP contribution in [0.4, 0.5) is 5.69 Å². The fourth-order valence-electron chi connectivity index (χ4n) is 1.54. The second kappa shape index (κ2) is 5.34. The van der Waals surface area contributed by atoms with Crippen LogP contribution in [0.1, 0.15) is 20.8 Å². The van der Waals surface area contributed by atoms with Gasteiger partial charge in [-0.25, -0.2) is 0 Å². The van der Waals surface area contributed by atoms with Crippen LogP contribution in [-0.4, -0.2) is 36.0 Å². The van der Waals surface area contributed by atoms with Crippen molar-refractivity contribution >= 4 is 17.5 Å². The second-order valence-electron chi connectivity index (χ2n) is 4.08. The Kier molecular flexibility index (Phi) is 3.61. The van der Waals surface area contributed by atoms with E-state index in [2.05, 4.69) is 15.0 Å². The maximum atomic E-state index is 12.0. The maximum Gasteiger partial charge on any atom is 0.277 e.